The van der Waals surface area contributed by atoms with Crippen molar-refractivity contribution in [3.8, 4) is 5.88 Å². The maximum Gasteiger partial charge on any atom is 0.250 e. The Morgan fingerprint density at radius 2 is 2.00 bits per heavy atom. The summed E-state index contributed by atoms with van der Waals surface area (Å²) in [6.45, 7) is 5.22. The maximum atomic E-state index is 13.9. The van der Waals surface area contributed by atoms with E-state index in [2.05, 4.69) is 4.98 Å². The molecule has 1 aliphatic heterocycles. The van der Waals surface area contributed by atoms with Crippen LogP contribution in [0, 0.1) is 24.1 Å². The second-order valence-electron chi connectivity index (χ2n) is 8.91. The summed E-state index contributed by atoms with van der Waals surface area (Å²) in [5, 5.41) is 9.82. The van der Waals surface area contributed by atoms with Gasteiger partial charge in [0.2, 0.25) is 5.91 Å². The summed E-state index contributed by atoms with van der Waals surface area (Å²) in [6.07, 6.45) is 6.52. The Morgan fingerprint density at radius 3 is 2.58 bits per heavy atom. The molecular weight excluding hydrogens is 335 g/mol. The fraction of sp³-hybridized carbons (Fsp3) is 0.700. The van der Waals surface area contributed by atoms with Crippen LogP contribution in [0.5, 0.6) is 5.88 Å². The van der Waals surface area contributed by atoms with Crippen LogP contribution < -0.4 is 4.74 Å². The minimum atomic E-state index is -0.655. The Bertz CT molecular complexity index is 697. The average molecular weight is 362 g/mol. The molecule has 1 N–H and O–H groups in total. The Balaban J connectivity index is 1.25. The number of amides is 1. The topological polar surface area (TPSA) is 62.7 Å². The molecule has 5 nitrogen and oxygen atoms in total. The van der Waals surface area contributed by atoms with E-state index in [1.807, 2.05) is 4.90 Å². The van der Waals surface area contributed by atoms with Gasteiger partial charge in [-0.25, -0.2) is 9.37 Å². The number of likely N-dealkylation sites (tertiary alicyclic amines) is 1. The first kappa shape index (κ1) is 17.7. The first-order valence-corrected chi connectivity index (χ1v) is 9.55. The number of rotatable bonds is 3. The molecule has 1 amide bonds. The van der Waals surface area contributed by atoms with E-state index in [4.69, 9.17) is 4.74 Å². The van der Waals surface area contributed by atoms with Gasteiger partial charge in [-0.2, -0.15) is 0 Å². The van der Waals surface area contributed by atoms with Crippen molar-refractivity contribution in [1.82, 2.24) is 9.88 Å². The van der Waals surface area contributed by atoms with Crippen molar-refractivity contribution in [2.45, 2.75) is 64.1 Å². The summed E-state index contributed by atoms with van der Waals surface area (Å²) < 4.78 is 19.7. The molecule has 6 heteroatoms. The lowest BCUT2D eigenvalue weighted by Gasteiger charge is -2.55. The molecule has 1 aromatic rings. The molecule has 2 heterocycles. The van der Waals surface area contributed by atoms with Crippen molar-refractivity contribution >= 4 is 5.91 Å². The molecule has 0 aromatic carbocycles. The smallest absolute Gasteiger partial charge is 0.250 e. The van der Waals surface area contributed by atoms with Crippen molar-refractivity contribution in [2.24, 2.45) is 11.3 Å². The number of aryl methyl sites for hydroxylation is 1. The fourth-order valence-electron chi connectivity index (χ4n) is 4.76. The Kier molecular flexibility index (Phi) is 4.21. The molecule has 26 heavy (non-hydrogen) atoms. The zero-order valence-electron chi connectivity index (χ0n) is 15.5. The lowest BCUT2D eigenvalue weighted by atomic mass is 9.66. The van der Waals surface area contributed by atoms with Crippen LogP contribution in [0.1, 0.15) is 51.0 Å². The fourth-order valence-corrected chi connectivity index (χ4v) is 4.76. The van der Waals surface area contributed by atoms with Crippen LogP contribution in [0.3, 0.4) is 0 Å². The van der Waals surface area contributed by atoms with Crippen molar-refractivity contribution in [2.75, 3.05) is 13.1 Å². The quantitative estimate of drug-likeness (QED) is 0.898. The monoisotopic (exact) mass is 362 g/mol. The zero-order chi connectivity index (χ0) is 18.5. The highest BCUT2D eigenvalue weighted by Gasteiger charge is 2.51. The first-order chi connectivity index (χ1) is 12.3. The van der Waals surface area contributed by atoms with Crippen molar-refractivity contribution in [1.29, 1.82) is 0 Å². The largest absolute Gasteiger partial charge is 0.472 e. The van der Waals surface area contributed by atoms with Gasteiger partial charge in [-0.3, -0.25) is 4.79 Å². The van der Waals surface area contributed by atoms with E-state index >= 15 is 0 Å². The lowest BCUT2D eigenvalue weighted by Crippen LogP contribution is -2.63. The van der Waals surface area contributed by atoms with Crippen LogP contribution in [-0.4, -0.2) is 45.7 Å². The van der Waals surface area contributed by atoms with Gasteiger partial charge in [-0.1, -0.05) is 0 Å². The minimum absolute atomic E-state index is 0.00221. The second kappa shape index (κ2) is 6.19. The van der Waals surface area contributed by atoms with Crippen LogP contribution in [0.4, 0.5) is 4.39 Å². The van der Waals surface area contributed by atoms with E-state index < -0.39 is 11.4 Å². The molecule has 142 valence electrons. The maximum absolute atomic E-state index is 13.9. The van der Waals surface area contributed by atoms with Gasteiger partial charge in [0, 0.05) is 30.6 Å². The Morgan fingerprint density at radius 1 is 1.35 bits per heavy atom. The Labute approximate surface area is 153 Å². The third-order valence-corrected chi connectivity index (χ3v) is 6.30. The summed E-state index contributed by atoms with van der Waals surface area (Å²) in [4.78, 5) is 18.4. The van der Waals surface area contributed by atoms with Crippen LogP contribution in [-0.2, 0) is 4.79 Å². The van der Waals surface area contributed by atoms with E-state index in [1.54, 1.807) is 20.0 Å². The number of halogens is 1. The summed E-state index contributed by atoms with van der Waals surface area (Å²) in [5.41, 5.74) is 0.336. The third kappa shape index (κ3) is 3.31. The zero-order valence-corrected chi connectivity index (χ0v) is 15.5. The average Bonchev–Trinajstić information content (AvgIpc) is 2.53. The molecule has 0 atom stereocenters. The summed E-state index contributed by atoms with van der Waals surface area (Å²) in [6, 6.07) is 1.44. The minimum Gasteiger partial charge on any atom is -0.472 e. The molecule has 3 aliphatic rings. The van der Waals surface area contributed by atoms with Gasteiger partial charge < -0.3 is 14.7 Å². The number of pyridine rings is 1. The van der Waals surface area contributed by atoms with E-state index in [0.717, 1.165) is 44.3 Å². The molecule has 2 saturated carbocycles. The highest BCUT2D eigenvalue weighted by atomic mass is 19.1. The second-order valence-corrected chi connectivity index (χ2v) is 8.91. The van der Waals surface area contributed by atoms with Gasteiger partial charge in [0.1, 0.15) is 6.10 Å². The third-order valence-electron chi connectivity index (χ3n) is 6.30. The molecule has 3 fully saturated rings. The summed E-state index contributed by atoms with van der Waals surface area (Å²) >= 11 is 0. The highest BCUT2D eigenvalue weighted by molar-refractivity contribution is 5.81. The molecular formula is C20H27FN2O3. The van der Waals surface area contributed by atoms with Crippen LogP contribution in [0.15, 0.2) is 12.3 Å². The highest BCUT2D eigenvalue weighted by Crippen LogP contribution is 2.47. The number of hydrogen-bond donors (Lipinski definition) is 1. The normalized spacial score (nSPS) is 30.6. The number of aromatic nitrogens is 1. The van der Waals surface area contributed by atoms with Crippen LogP contribution >= 0.6 is 0 Å². The van der Waals surface area contributed by atoms with Gasteiger partial charge in [0.05, 0.1) is 5.60 Å². The lowest BCUT2D eigenvalue weighted by molar-refractivity contribution is -0.164. The molecule has 1 saturated heterocycles. The van der Waals surface area contributed by atoms with Crippen molar-refractivity contribution < 1.29 is 19.0 Å². The van der Waals surface area contributed by atoms with E-state index in [1.165, 1.54) is 6.07 Å². The van der Waals surface area contributed by atoms with Gasteiger partial charge in [0.15, 0.2) is 5.82 Å². The SMILES string of the molecule is Cc1cnc(OC2CCC3(CC2)CN(C(=O)C2CC(C)(O)C2)C3)c(F)c1. The number of aliphatic hydroxyl groups is 1. The molecule has 0 unspecified atom stereocenters. The van der Waals surface area contributed by atoms with E-state index in [0.29, 0.717) is 12.8 Å². The van der Waals surface area contributed by atoms with Gasteiger partial charge in [-0.05, 0) is 64.0 Å². The molecule has 2 aliphatic carbocycles. The van der Waals surface area contributed by atoms with Crippen LogP contribution in [0.2, 0.25) is 0 Å². The Hall–Kier alpha value is -1.69. The predicted octanol–water partition coefficient (Wildman–Crippen LogP) is 2.84. The number of carbonyl (C=O) groups excluding carboxylic acids is 1. The predicted molar refractivity (Wildman–Crippen MR) is 94.2 cm³/mol. The molecule has 4 rings (SSSR count). The van der Waals surface area contributed by atoms with Crippen molar-refractivity contribution in [3.63, 3.8) is 0 Å². The van der Waals surface area contributed by atoms with Gasteiger partial charge >= 0.3 is 0 Å². The van der Waals surface area contributed by atoms with Gasteiger partial charge in [0.25, 0.3) is 5.88 Å². The summed E-state index contributed by atoms with van der Waals surface area (Å²) in [5.74, 6) is -0.106. The molecule has 0 radical (unpaired) electrons. The summed E-state index contributed by atoms with van der Waals surface area (Å²) in [7, 11) is 0. The number of nitrogens with zero attached hydrogens (tertiary/aromatic N) is 2. The molecule has 1 spiro atoms. The number of carbonyl (C=O) groups is 1. The molecule has 1 aromatic heterocycles. The number of ether oxygens (including phenoxy) is 1. The standard InChI is InChI=1S/C20H27FN2O3/c1-13-7-16(21)17(22-10-13)26-15-3-5-20(6-4-15)11-23(12-20)18(24)14-8-19(2,25)9-14/h7,10,14-15,25H,3-6,8-9,11-12H2,1-2H3. The van der Waals surface area contributed by atoms with E-state index in [9.17, 15) is 14.3 Å². The van der Waals surface area contributed by atoms with E-state index in [-0.39, 0.29) is 29.2 Å². The number of hydrogen-bond acceptors (Lipinski definition) is 4. The van der Waals surface area contributed by atoms with Crippen LogP contribution in [0.25, 0.3) is 0 Å². The first-order valence-electron chi connectivity index (χ1n) is 9.55. The molecule has 0 bridgehead atoms. The van der Waals surface area contributed by atoms with Gasteiger partial charge in [-0.15, -0.1) is 0 Å². The van der Waals surface area contributed by atoms with Crippen molar-refractivity contribution in [3.05, 3.63) is 23.6 Å².